The first-order valence-electron chi connectivity index (χ1n) is 27.2. The molecule has 5 saturated carbocycles. The highest BCUT2D eigenvalue weighted by atomic mass is 16.8. The Labute approximate surface area is 432 Å². The first-order chi connectivity index (χ1) is 34.8. The minimum atomic E-state index is -1.91. The smallest absolute Gasteiger partial charge is 0.187 e. The van der Waals surface area contributed by atoms with Crippen LogP contribution in [0.1, 0.15) is 106 Å². The molecule has 0 amide bonds. The lowest BCUT2D eigenvalue weighted by Gasteiger charge is -2.75. The molecule has 10 rings (SSSR count). The van der Waals surface area contributed by atoms with Crippen LogP contribution in [0.2, 0.25) is 0 Å². The van der Waals surface area contributed by atoms with Crippen LogP contribution in [0.4, 0.5) is 0 Å². The number of ether oxygens (including phenoxy) is 9. The average molecular weight is 1060 g/mol. The largest absolute Gasteiger partial charge is 0.396 e. The molecule has 22 heteroatoms. The third kappa shape index (κ3) is 8.39. The van der Waals surface area contributed by atoms with Crippen LogP contribution in [0, 0.1) is 50.2 Å². The molecule has 5 aliphatic heterocycles. The predicted molar refractivity (Wildman–Crippen MR) is 252 cm³/mol. The van der Waals surface area contributed by atoms with E-state index in [-0.39, 0.29) is 57.0 Å². The summed E-state index contributed by atoms with van der Waals surface area (Å²) in [5.74, 6) is 0.413. The van der Waals surface area contributed by atoms with E-state index < -0.39 is 155 Å². The highest BCUT2D eigenvalue weighted by Gasteiger charge is 2.80. The third-order valence-electron chi connectivity index (χ3n) is 22.0. The maximum absolute atomic E-state index is 12.4. The maximum Gasteiger partial charge on any atom is 0.187 e. The molecule has 13 N–H and O–H groups in total. The van der Waals surface area contributed by atoms with E-state index in [1.165, 1.54) is 0 Å². The Bertz CT molecular complexity index is 1990. The number of aliphatic hydroxyl groups excluding tert-OH is 13. The zero-order valence-electron chi connectivity index (χ0n) is 43.6. The topological polar surface area (TPSA) is 346 Å². The Morgan fingerprint density at radius 1 is 0.514 bits per heavy atom. The molecule has 29 atom stereocenters. The molecule has 10 fully saturated rings. The van der Waals surface area contributed by atoms with Gasteiger partial charge in [-0.25, -0.2) is 0 Å². The molecular formula is C52H86O22. The van der Waals surface area contributed by atoms with Crippen molar-refractivity contribution < 1.29 is 109 Å². The quantitative estimate of drug-likeness (QED) is 0.0986. The fourth-order valence-electron chi connectivity index (χ4n) is 17.4. The maximum atomic E-state index is 12.4. The van der Waals surface area contributed by atoms with E-state index in [0.717, 1.165) is 44.9 Å². The number of aliphatic hydroxyl groups is 13. The van der Waals surface area contributed by atoms with Gasteiger partial charge in [-0.3, -0.25) is 0 Å². The lowest BCUT2D eigenvalue weighted by Crippen LogP contribution is -2.74. The second kappa shape index (κ2) is 20.0. The number of hydrogen-bond donors (Lipinski definition) is 13. The van der Waals surface area contributed by atoms with Crippen molar-refractivity contribution in [3.63, 3.8) is 0 Å². The molecule has 426 valence electrons. The summed E-state index contributed by atoms with van der Waals surface area (Å²) in [5.41, 5.74) is -2.12. The normalized spacial score (nSPS) is 58.2. The van der Waals surface area contributed by atoms with Crippen molar-refractivity contribution in [1.29, 1.82) is 0 Å². The van der Waals surface area contributed by atoms with Crippen LogP contribution in [0.5, 0.6) is 0 Å². The van der Waals surface area contributed by atoms with Crippen molar-refractivity contribution in [3.8, 4) is 0 Å². The van der Waals surface area contributed by atoms with Crippen molar-refractivity contribution >= 4 is 0 Å². The fraction of sp³-hybridized carbons (Fsp3) is 1.00. The van der Waals surface area contributed by atoms with Gasteiger partial charge in [0.05, 0.1) is 57.5 Å². The Kier molecular flexibility index (Phi) is 15.2. The van der Waals surface area contributed by atoms with E-state index in [4.69, 9.17) is 42.6 Å². The summed E-state index contributed by atoms with van der Waals surface area (Å²) in [6.07, 6.45) is -23.2. The summed E-state index contributed by atoms with van der Waals surface area (Å²) < 4.78 is 55.8. The summed E-state index contributed by atoms with van der Waals surface area (Å²) in [5, 5.41) is 142. The van der Waals surface area contributed by atoms with Crippen LogP contribution in [0.3, 0.4) is 0 Å². The molecule has 2 bridgehead atoms. The zero-order chi connectivity index (χ0) is 53.5. The second-order valence-electron chi connectivity index (χ2n) is 26.0. The van der Waals surface area contributed by atoms with Gasteiger partial charge in [0.25, 0.3) is 0 Å². The highest BCUT2D eigenvalue weighted by Crippen LogP contribution is 2.80. The van der Waals surface area contributed by atoms with Crippen molar-refractivity contribution in [3.05, 3.63) is 0 Å². The molecule has 74 heavy (non-hydrogen) atoms. The van der Waals surface area contributed by atoms with Crippen LogP contribution in [-0.2, 0) is 42.6 Å². The van der Waals surface area contributed by atoms with Crippen LogP contribution in [-0.4, -0.2) is 234 Å². The average Bonchev–Trinajstić information content (AvgIpc) is 3.64. The van der Waals surface area contributed by atoms with Crippen molar-refractivity contribution in [2.24, 2.45) is 50.2 Å². The monoisotopic (exact) mass is 1060 g/mol. The van der Waals surface area contributed by atoms with Crippen molar-refractivity contribution in [1.82, 2.24) is 0 Å². The summed E-state index contributed by atoms with van der Waals surface area (Å²) >= 11 is 0. The molecule has 5 aliphatic carbocycles. The molecule has 10 aliphatic rings. The third-order valence-corrected chi connectivity index (χ3v) is 22.0. The number of rotatable bonds is 11. The van der Waals surface area contributed by atoms with Gasteiger partial charge in [-0.05, 0) is 98.2 Å². The van der Waals surface area contributed by atoms with Crippen LogP contribution in [0.15, 0.2) is 0 Å². The second-order valence-corrected chi connectivity index (χ2v) is 26.0. The van der Waals surface area contributed by atoms with E-state index >= 15 is 0 Å². The molecule has 0 aromatic heterocycles. The number of hydrogen-bond acceptors (Lipinski definition) is 22. The minimum Gasteiger partial charge on any atom is -0.396 e. The van der Waals surface area contributed by atoms with Crippen LogP contribution >= 0.6 is 0 Å². The summed E-state index contributed by atoms with van der Waals surface area (Å²) in [6.45, 7) is 11.7. The Morgan fingerprint density at radius 2 is 1.14 bits per heavy atom. The number of fused-ring (bicyclic) bond motifs is 4. The first kappa shape index (κ1) is 56.4. The molecule has 1 spiro atoms. The van der Waals surface area contributed by atoms with E-state index in [2.05, 4.69) is 34.6 Å². The van der Waals surface area contributed by atoms with E-state index in [9.17, 15) is 66.4 Å². The molecule has 0 aromatic carbocycles. The molecule has 5 heterocycles. The molecular weight excluding hydrogens is 977 g/mol. The van der Waals surface area contributed by atoms with Crippen LogP contribution in [0.25, 0.3) is 0 Å². The molecule has 22 nitrogen and oxygen atoms in total. The van der Waals surface area contributed by atoms with Gasteiger partial charge in [0.2, 0.25) is 0 Å². The lowest BCUT2D eigenvalue weighted by atomic mass is 9.30. The summed E-state index contributed by atoms with van der Waals surface area (Å²) in [6, 6.07) is 0. The lowest BCUT2D eigenvalue weighted by molar-refractivity contribution is -0.393. The summed E-state index contributed by atoms with van der Waals surface area (Å²) in [7, 11) is 0. The zero-order valence-corrected chi connectivity index (χ0v) is 43.6. The van der Waals surface area contributed by atoms with Crippen molar-refractivity contribution in [2.75, 3.05) is 39.6 Å². The minimum absolute atomic E-state index is 0.0627. The molecule has 0 aromatic rings. The molecule has 0 radical (unpaired) electrons. The van der Waals surface area contributed by atoms with Gasteiger partial charge in [0.15, 0.2) is 25.2 Å². The van der Waals surface area contributed by atoms with Crippen molar-refractivity contribution in [2.45, 2.75) is 234 Å². The molecule has 5 saturated heterocycles. The SMILES string of the molecule is CC1(C)CC[C@]23CO[C@@]4(CC[C@@H]5[C@@]6(C)CC[C@H](O[C@@H]7OC[C@H](O[C@@H]8O[C@H](CO)[C@@H](O)[C@H](O)[C@H]8O[C@@H]8OC[C@@H](O)[C@H](O)[C@H]8O)[C@H](O)[C@@H]7O[C@@H]7O[C@H](CO)[C@@H](O)[C@H](O)[C@H]7O)[C@@](C)(CO)[C@@H]6CC[C@@]5(C)[C@]4(C)C[C@H]2O)[C@@H]3C1. The van der Waals surface area contributed by atoms with Gasteiger partial charge >= 0.3 is 0 Å². The predicted octanol–water partition coefficient (Wildman–Crippen LogP) is -2.10. The van der Waals surface area contributed by atoms with E-state index in [0.29, 0.717) is 25.9 Å². The van der Waals surface area contributed by atoms with Gasteiger partial charge in [0, 0.05) is 16.2 Å². The molecule has 0 unspecified atom stereocenters. The van der Waals surface area contributed by atoms with Gasteiger partial charge in [-0.15, -0.1) is 0 Å². The Balaban J connectivity index is 0.912. The Hall–Kier alpha value is -0.880. The van der Waals surface area contributed by atoms with Gasteiger partial charge in [-0.1, -0.05) is 41.5 Å². The highest BCUT2D eigenvalue weighted by molar-refractivity contribution is 5.28. The van der Waals surface area contributed by atoms with Crippen LogP contribution < -0.4 is 0 Å². The van der Waals surface area contributed by atoms with Gasteiger partial charge < -0.3 is 109 Å². The van der Waals surface area contributed by atoms with Gasteiger partial charge in [0.1, 0.15) is 85.5 Å². The Morgan fingerprint density at radius 3 is 1.82 bits per heavy atom. The van der Waals surface area contributed by atoms with E-state index in [1.807, 2.05) is 6.92 Å². The standard InChI is InChI=1S/C52H86O22/c1-46(2)13-14-51-22-68-52(29(51)15-46)12-8-28-47(3)10-9-31(48(4,21-55)27(47)7-11-49(28,5)50(52,6)16-30(51)57)72-44-40(74-43-39(65)36(62)33(59)24(17-53)69-43)35(61)26(20-67-44)71-45-41(37(63)34(60)25(18-54)70-45)73-42-38(64)32(58)23(56)19-66-42/h23-45,53-65H,7-22H2,1-6H3/t23-,24-,25-,26+,27-,28-,29-,30-,31+,32+,33-,34-,35+,36+,37+,38-,39-,40+,41-,42+,43+,44+,45+,47+,48+,49-,50+,51-,52+/m1/s1. The first-order valence-corrected chi connectivity index (χ1v) is 27.2. The van der Waals surface area contributed by atoms with E-state index in [1.54, 1.807) is 0 Å². The fourth-order valence-corrected chi connectivity index (χ4v) is 17.4. The van der Waals surface area contributed by atoms with Gasteiger partial charge in [-0.2, -0.15) is 0 Å². The summed E-state index contributed by atoms with van der Waals surface area (Å²) in [4.78, 5) is 0.